The Morgan fingerprint density at radius 3 is 2.71 bits per heavy atom. The minimum atomic E-state index is -0.461. The molecular formula is C13H17ClIN3O3. The Hall–Kier alpha value is -0.930. The summed E-state index contributed by atoms with van der Waals surface area (Å²) < 4.78 is 0.600. The van der Waals surface area contributed by atoms with E-state index in [4.69, 9.17) is 5.73 Å². The van der Waals surface area contributed by atoms with Gasteiger partial charge in [-0.05, 0) is 47.0 Å². The van der Waals surface area contributed by atoms with Crippen molar-refractivity contribution in [3.8, 4) is 0 Å². The van der Waals surface area contributed by atoms with Gasteiger partial charge >= 0.3 is 0 Å². The summed E-state index contributed by atoms with van der Waals surface area (Å²) in [5.41, 5.74) is 6.22. The number of benzene rings is 1. The zero-order valence-corrected chi connectivity index (χ0v) is 14.5. The van der Waals surface area contributed by atoms with Crippen molar-refractivity contribution in [2.75, 3.05) is 19.6 Å². The summed E-state index contributed by atoms with van der Waals surface area (Å²) in [7, 11) is 0. The topological polar surface area (TPSA) is 89.5 Å². The number of likely N-dealkylation sites (tertiary alicyclic amines) is 1. The molecule has 1 aromatic rings. The summed E-state index contributed by atoms with van der Waals surface area (Å²) in [5, 5.41) is 10.7. The van der Waals surface area contributed by atoms with Crippen molar-refractivity contribution in [1.82, 2.24) is 4.90 Å². The fraction of sp³-hybridized carbons (Fsp3) is 0.462. The van der Waals surface area contributed by atoms with Gasteiger partial charge < -0.3 is 10.6 Å². The van der Waals surface area contributed by atoms with Gasteiger partial charge in [0.2, 0.25) is 0 Å². The largest absolute Gasteiger partial charge is 0.338 e. The van der Waals surface area contributed by atoms with Crippen LogP contribution in [-0.4, -0.2) is 35.4 Å². The summed E-state index contributed by atoms with van der Waals surface area (Å²) in [6.45, 7) is 3.93. The van der Waals surface area contributed by atoms with Gasteiger partial charge in [0.15, 0.2) is 0 Å². The Balaban J connectivity index is 0.00000220. The molecule has 1 saturated heterocycles. The molecule has 0 radical (unpaired) electrons. The number of amides is 1. The number of rotatable bonds is 3. The summed E-state index contributed by atoms with van der Waals surface area (Å²) in [4.78, 5) is 24.5. The highest BCUT2D eigenvalue weighted by atomic mass is 127. The maximum Gasteiger partial charge on any atom is 0.270 e. The Kier molecular flexibility index (Phi) is 5.94. The van der Waals surface area contributed by atoms with E-state index in [2.05, 4.69) is 6.92 Å². The fourth-order valence-corrected chi connectivity index (χ4v) is 3.05. The highest BCUT2D eigenvalue weighted by Gasteiger charge is 2.35. The van der Waals surface area contributed by atoms with Gasteiger partial charge in [0.1, 0.15) is 0 Å². The molecule has 116 valence electrons. The molecule has 0 spiro atoms. The Labute approximate surface area is 142 Å². The summed E-state index contributed by atoms with van der Waals surface area (Å²) in [6, 6.07) is 4.32. The molecule has 1 unspecified atom stereocenters. The number of hydrogen-bond donors (Lipinski definition) is 1. The Morgan fingerprint density at radius 1 is 1.57 bits per heavy atom. The molecule has 1 atom stereocenters. The summed E-state index contributed by atoms with van der Waals surface area (Å²) >= 11 is 1.96. The van der Waals surface area contributed by atoms with E-state index in [1.165, 1.54) is 18.2 Å². The molecule has 2 N–H and O–H groups in total. The SMILES string of the molecule is CC1(CN)CCN(C(=O)c2ccc([N+](=O)[O-])cc2I)C1.Cl. The molecule has 2 rings (SSSR count). The lowest BCUT2D eigenvalue weighted by atomic mass is 9.90. The van der Waals surface area contributed by atoms with Gasteiger partial charge in [-0.25, -0.2) is 0 Å². The van der Waals surface area contributed by atoms with Crippen molar-refractivity contribution in [2.24, 2.45) is 11.1 Å². The summed E-state index contributed by atoms with van der Waals surface area (Å²) in [5.74, 6) is -0.0820. The minimum Gasteiger partial charge on any atom is -0.338 e. The average molecular weight is 426 g/mol. The Bertz CT molecular complexity index is 570. The molecule has 8 heteroatoms. The van der Waals surface area contributed by atoms with Crippen LogP contribution < -0.4 is 5.73 Å². The van der Waals surface area contributed by atoms with E-state index < -0.39 is 4.92 Å². The number of nitrogens with zero attached hydrogens (tertiary/aromatic N) is 2. The molecule has 1 aliphatic rings. The smallest absolute Gasteiger partial charge is 0.270 e. The van der Waals surface area contributed by atoms with Crippen molar-refractivity contribution in [2.45, 2.75) is 13.3 Å². The maximum atomic E-state index is 12.5. The number of nitro benzene ring substituents is 1. The first-order valence-electron chi connectivity index (χ1n) is 6.29. The van der Waals surface area contributed by atoms with Crippen LogP contribution in [0.3, 0.4) is 0 Å². The number of nitro groups is 1. The van der Waals surface area contributed by atoms with Crippen LogP contribution in [0.15, 0.2) is 18.2 Å². The predicted octanol–water partition coefficient (Wildman–Crippen LogP) is 2.43. The van der Waals surface area contributed by atoms with E-state index in [9.17, 15) is 14.9 Å². The molecule has 1 heterocycles. The summed E-state index contributed by atoms with van der Waals surface area (Å²) in [6.07, 6.45) is 0.888. The van der Waals surface area contributed by atoms with Crippen LogP contribution in [0.1, 0.15) is 23.7 Å². The van der Waals surface area contributed by atoms with Crippen molar-refractivity contribution < 1.29 is 9.72 Å². The molecule has 0 aliphatic carbocycles. The second-order valence-electron chi connectivity index (χ2n) is 5.41. The molecule has 1 aliphatic heterocycles. The van der Waals surface area contributed by atoms with Gasteiger partial charge in [0.25, 0.3) is 11.6 Å². The number of carbonyl (C=O) groups excluding carboxylic acids is 1. The normalized spacial score (nSPS) is 21.0. The third-order valence-electron chi connectivity index (χ3n) is 3.73. The molecular weight excluding hydrogens is 409 g/mol. The first-order chi connectivity index (χ1) is 9.36. The number of carbonyl (C=O) groups is 1. The van der Waals surface area contributed by atoms with Crippen molar-refractivity contribution >= 4 is 46.6 Å². The monoisotopic (exact) mass is 425 g/mol. The lowest BCUT2D eigenvalue weighted by molar-refractivity contribution is -0.384. The number of non-ortho nitro benzene ring substituents is 1. The zero-order chi connectivity index (χ0) is 14.9. The van der Waals surface area contributed by atoms with E-state index >= 15 is 0 Å². The van der Waals surface area contributed by atoms with Crippen LogP contribution in [0.5, 0.6) is 0 Å². The molecule has 6 nitrogen and oxygen atoms in total. The van der Waals surface area contributed by atoms with Gasteiger partial charge in [0, 0.05) is 28.8 Å². The first kappa shape index (κ1) is 18.1. The van der Waals surface area contributed by atoms with Crippen molar-refractivity contribution in [3.63, 3.8) is 0 Å². The number of nitrogens with two attached hydrogens (primary N) is 1. The second kappa shape index (κ2) is 6.89. The maximum absolute atomic E-state index is 12.5. The van der Waals surface area contributed by atoms with Crippen molar-refractivity contribution in [3.05, 3.63) is 37.4 Å². The van der Waals surface area contributed by atoms with Gasteiger partial charge in [-0.1, -0.05) is 6.92 Å². The predicted molar refractivity (Wildman–Crippen MR) is 90.7 cm³/mol. The van der Waals surface area contributed by atoms with Gasteiger partial charge in [-0.15, -0.1) is 12.4 Å². The standard InChI is InChI=1S/C13H16IN3O3.ClH/c1-13(7-15)4-5-16(8-13)12(18)10-3-2-9(17(19)20)6-11(10)14;/h2-3,6H,4-5,7-8,15H2,1H3;1H. The molecule has 0 aromatic heterocycles. The van der Waals surface area contributed by atoms with Gasteiger partial charge in [-0.2, -0.15) is 0 Å². The van der Waals surface area contributed by atoms with E-state index in [1.54, 1.807) is 4.90 Å². The lowest BCUT2D eigenvalue weighted by Crippen LogP contribution is -2.34. The van der Waals surface area contributed by atoms with Crippen LogP contribution in [-0.2, 0) is 0 Å². The van der Waals surface area contributed by atoms with Crippen LogP contribution >= 0.6 is 35.0 Å². The second-order valence-corrected chi connectivity index (χ2v) is 6.57. The van der Waals surface area contributed by atoms with Crippen molar-refractivity contribution in [1.29, 1.82) is 0 Å². The fourth-order valence-electron chi connectivity index (χ4n) is 2.33. The average Bonchev–Trinajstić information content (AvgIpc) is 2.81. The highest BCUT2D eigenvalue weighted by Crippen LogP contribution is 2.30. The highest BCUT2D eigenvalue weighted by molar-refractivity contribution is 14.1. The number of hydrogen-bond acceptors (Lipinski definition) is 4. The molecule has 1 amide bonds. The molecule has 1 aromatic carbocycles. The molecule has 1 fully saturated rings. The molecule has 0 bridgehead atoms. The van der Waals surface area contributed by atoms with E-state index in [0.29, 0.717) is 28.8 Å². The first-order valence-corrected chi connectivity index (χ1v) is 7.37. The molecule has 0 saturated carbocycles. The molecule has 21 heavy (non-hydrogen) atoms. The van der Waals surface area contributed by atoms with E-state index in [0.717, 1.165) is 6.42 Å². The Morgan fingerprint density at radius 2 is 2.24 bits per heavy atom. The van der Waals surface area contributed by atoms with Gasteiger partial charge in [0.05, 0.1) is 10.5 Å². The third kappa shape index (κ3) is 3.83. The van der Waals surface area contributed by atoms with Crippen LogP contribution in [0.2, 0.25) is 0 Å². The van der Waals surface area contributed by atoms with Crippen LogP contribution in [0, 0.1) is 19.1 Å². The van der Waals surface area contributed by atoms with Gasteiger partial charge in [-0.3, -0.25) is 14.9 Å². The van der Waals surface area contributed by atoms with Crippen LogP contribution in [0.4, 0.5) is 5.69 Å². The van der Waals surface area contributed by atoms with E-state index in [1.807, 2.05) is 22.6 Å². The quantitative estimate of drug-likeness (QED) is 0.457. The van der Waals surface area contributed by atoms with Crippen LogP contribution in [0.25, 0.3) is 0 Å². The third-order valence-corrected chi connectivity index (χ3v) is 4.62. The minimum absolute atomic E-state index is 0. The van der Waals surface area contributed by atoms with E-state index in [-0.39, 0.29) is 29.4 Å². The zero-order valence-electron chi connectivity index (χ0n) is 11.5. The number of halogens is 2. The lowest BCUT2D eigenvalue weighted by Gasteiger charge is -2.22.